The Morgan fingerprint density at radius 3 is 2.27 bits per heavy atom. The predicted octanol–water partition coefficient (Wildman–Crippen LogP) is 5.16. The number of esters is 1. The molecule has 0 radical (unpaired) electrons. The highest BCUT2D eigenvalue weighted by atomic mass is 35.5. The van der Waals surface area contributed by atoms with E-state index in [0.717, 1.165) is 12.1 Å². The molecule has 4 aromatic carbocycles. The van der Waals surface area contributed by atoms with Gasteiger partial charge in [0.15, 0.2) is 5.78 Å². The number of nitro groups is 1. The maximum Gasteiger partial charge on any atom is 0.339 e. The lowest BCUT2D eigenvalue weighted by Gasteiger charge is -2.20. The lowest BCUT2D eigenvalue weighted by Crippen LogP contribution is -2.26. The van der Waals surface area contributed by atoms with Crippen LogP contribution in [0.15, 0.2) is 101 Å². The van der Waals surface area contributed by atoms with Gasteiger partial charge in [0, 0.05) is 28.4 Å². The summed E-state index contributed by atoms with van der Waals surface area (Å²) in [7, 11) is -4.12. The van der Waals surface area contributed by atoms with Crippen molar-refractivity contribution >= 4 is 50.5 Å². The molecule has 200 valence electrons. The molecule has 0 fully saturated rings. The van der Waals surface area contributed by atoms with Crippen LogP contribution >= 0.6 is 11.6 Å². The van der Waals surface area contributed by atoms with E-state index < -0.39 is 44.2 Å². The molecule has 1 amide bonds. The number of nitrogens with zero attached hydrogens (tertiary/aromatic N) is 1. The number of hydrogen-bond donors (Lipinski definition) is 1. The van der Waals surface area contributed by atoms with Crippen LogP contribution in [0.25, 0.3) is 0 Å². The third-order valence-corrected chi connectivity index (χ3v) is 8.32. The van der Waals surface area contributed by atoms with Crippen molar-refractivity contribution < 1.29 is 32.5 Å². The molecule has 0 spiro atoms. The summed E-state index contributed by atoms with van der Waals surface area (Å²) in [6.45, 7) is 0. The SMILES string of the molecule is O=C(OC(C(=O)Nc1ccc(Cl)c([N+](=O)[O-])c1)c1ccccc1)c1ccc2c(c1)S(=O)(=O)c1ccccc1C2=O. The first-order valence-corrected chi connectivity index (χ1v) is 13.5. The van der Waals surface area contributed by atoms with Gasteiger partial charge in [-0.05, 0) is 42.5 Å². The first-order valence-electron chi connectivity index (χ1n) is 11.6. The van der Waals surface area contributed by atoms with Crippen molar-refractivity contribution in [2.45, 2.75) is 15.9 Å². The topological polar surface area (TPSA) is 150 Å². The number of rotatable bonds is 6. The zero-order chi connectivity index (χ0) is 28.6. The predicted molar refractivity (Wildman–Crippen MR) is 143 cm³/mol. The second-order valence-corrected chi connectivity index (χ2v) is 10.9. The lowest BCUT2D eigenvalue weighted by atomic mass is 10.0. The number of ether oxygens (including phenoxy) is 1. The summed E-state index contributed by atoms with van der Waals surface area (Å²) in [5.74, 6) is -2.36. The maximum absolute atomic E-state index is 13.2. The van der Waals surface area contributed by atoms with Crippen molar-refractivity contribution in [2.24, 2.45) is 0 Å². The van der Waals surface area contributed by atoms with Gasteiger partial charge in [0.1, 0.15) is 5.02 Å². The van der Waals surface area contributed by atoms with Crippen LogP contribution in [-0.2, 0) is 19.4 Å². The second-order valence-electron chi connectivity index (χ2n) is 8.65. The Bertz CT molecular complexity index is 1820. The fourth-order valence-corrected chi connectivity index (χ4v) is 6.09. The van der Waals surface area contributed by atoms with Crippen LogP contribution in [0.5, 0.6) is 0 Å². The van der Waals surface area contributed by atoms with Gasteiger partial charge in [-0.1, -0.05) is 54.1 Å². The van der Waals surface area contributed by atoms with Crippen molar-refractivity contribution in [3.63, 3.8) is 0 Å². The number of nitro benzene ring substituents is 1. The number of fused-ring (bicyclic) bond motifs is 2. The van der Waals surface area contributed by atoms with Crippen LogP contribution in [0.2, 0.25) is 5.02 Å². The van der Waals surface area contributed by atoms with Crippen LogP contribution in [0.4, 0.5) is 11.4 Å². The molecule has 1 heterocycles. The quantitative estimate of drug-likeness (QED) is 0.165. The molecule has 0 saturated heterocycles. The van der Waals surface area contributed by atoms with Gasteiger partial charge in [-0.15, -0.1) is 0 Å². The average Bonchev–Trinajstić information content (AvgIpc) is 2.95. The van der Waals surface area contributed by atoms with Crippen molar-refractivity contribution in [3.8, 4) is 0 Å². The van der Waals surface area contributed by atoms with Crippen LogP contribution in [-0.4, -0.2) is 31.0 Å². The van der Waals surface area contributed by atoms with Crippen molar-refractivity contribution in [1.29, 1.82) is 0 Å². The Balaban J connectivity index is 1.47. The minimum absolute atomic E-state index is 0.0357. The molecule has 0 aliphatic carbocycles. The van der Waals surface area contributed by atoms with E-state index in [0.29, 0.717) is 0 Å². The molecular formula is C28H17ClN2O8S. The van der Waals surface area contributed by atoms with E-state index >= 15 is 0 Å². The Morgan fingerprint density at radius 1 is 0.875 bits per heavy atom. The zero-order valence-electron chi connectivity index (χ0n) is 20.2. The lowest BCUT2D eigenvalue weighted by molar-refractivity contribution is -0.384. The minimum Gasteiger partial charge on any atom is -0.444 e. The van der Waals surface area contributed by atoms with Gasteiger partial charge < -0.3 is 10.1 Å². The van der Waals surface area contributed by atoms with Crippen molar-refractivity contribution in [1.82, 2.24) is 0 Å². The van der Waals surface area contributed by atoms with Gasteiger partial charge in [-0.25, -0.2) is 13.2 Å². The van der Waals surface area contributed by atoms with Crippen LogP contribution in [0, 0.1) is 10.1 Å². The molecule has 12 heteroatoms. The van der Waals surface area contributed by atoms with Gasteiger partial charge in [0.05, 0.1) is 20.3 Å². The van der Waals surface area contributed by atoms with E-state index in [1.165, 1.54) is 54.6 Å². The largest absolute Gasteiger partial charge is 0.444 e. The smallest absolute Gasteiger partial charge is 0.339 e. The van der Waals surface area contributed by atoms with E-state index in [1.807, 2.05) is 0 Å². The van der Waals surface area contributed by atoms with Crippen LogP contribution in [0.1, 0.15) is 37.9 Å². The number of carbonyl (C=O) groups is 3. The highest BCUT2D eigenvalue weighted by Gasteiger charge is 2.35. The Kier molecular flexibility index (Phi) is 6.92. The first kappa shape index (κ1) is 26.7. The van der Waals surface area contributed by atoms with Crippen molar-refractivity contribution in [2.75, 3.05) is 5.32 Å². The Labute approximate surface area is 232 Å². The van der Waals surface area contributed by atoms with Gasteiger partial charge in [0.25, 0.3) is 11.6 Å². The van der Waals surface area contributed by atoms with Crippen LogP contribution in [0.3, 0.4) is 0 Å². The number of halogens is 1. The summed E-state index contributed by atoms with van der Waals surface area (Å²) in [5, 5.41) is 13.6. The highest BCUT2D eigenvalue weighted by Crippen LogP contribution is 2.35. The molecule has 0 aromatic heterocycles. The zero-order valence-corrected chi connectivity index (χ0v) is 21.8. The number of sulfone groups is 1. The Morgan fingerprint density at radius 2 is 1.55 bits per heavy atom. The molecule has 0 saturated carbocycles. The molecule has 10 nitrogen and oxygen atoms in total. The summed E-state index contributed by atoms with van der Waals surface area (Å²) in [6, 6.07) is 20.9. The number of anilines is 1. The summed E-state index contributed by atoms with van der Waals surface area (Å²) >= 11 is 5.84. The molecule has 40 heavy (non-hydrogen) atoms. The van der Waals surface area contributed by atoms with Crippen molar-refractivity contribution in [3.05, 3.63) is 128 Å². The van der Waals surface area contributed by atoms with E-state index in [-0.39, 0.29) is 42.8 Å². The fourth-order valence-electron chi connectivity index (χ4n) is 4.23. The second kappa shape index (κ2) is 10.4. The Hall–Kier alpha value is -4.87. The number of amides is 1. The third kappa shape index (κ3) is 4.83. The normalized spacial score (nSPS) is 13.9. The van der Waals surface area contributed by atoms with Gasteiger partial charge in [-0.2, -0.15) is 0 Å². The number of ketones is 1. The van der Waals surface area contributed by atoms with E-state index in [4.69, 9.17) is 16.3 Å². The molecule has 4 aromatic rings. The summed E-state index contributed by atoms with van der Waals surface area (Å²) in [6.07, 6.45) is -1.52. The summed E-state index contributed by atoms with van der Waals surface area (Å²) < 4.78 is 32.0. The fraction of sp³-hybridized carbons (Fsp3) is 0.0357. The number of carbonyl (C=O) groups excluding carboxylic acids is 3. The highest BCUT2D eigenvalue weighted by molar-refractivity contribution is 7.91. The summed E-state index contributed by atoms with van der Waals surface area (Å²) in [4.78, 5) is 49.3. The van der Waals surface area contributed by atoms with E-state index in [9.17, 15) is 32.9 Å². The molecule has 1 unspecified atom stereocenters. The van der Waals surface area contributed by atoms with Gasteiger partial charge in [0.2, 0.25) is 15.9 Å². The van der Waals surface area contributed by atoms with Gasteiger partial charge >= 0.3 is 5.97 Å². The average molecular weight is 577 g/mol. The third-order valence-electron chi connectivity index (χ3n) is 6.15. The maximum atomic E-state index is 13.2. The van der Waals surface area contributed by atoms with Crippen LogP contribution < -0.4 is 5.32 Å². The number of benzene rings is 4. The number of nitrogens with one attached hydrogen (secondary N) is 1. The number of hydrogen-bond acceptors (Lipinski definition) is 8. The molecule has 1 atom stereocenters. The molecular weight excluding hydrogens is 560 g/mol. The van der Waals surface area contributed by atoms with E-state index in [1.54, 1.807) is 24.3 Å². The molecule has 1 aliphatic rings. The standard InChI is InChI=1S/C28H17ClN2O8S/c29-21-13-11-18(15-22(21)31(35)36)30-27(33)26(16-6-2-1-3-7-16)39-28(34)17-10-12-20-24(14-17)40(37,38)23-9-5-4-8-19(23)25(20)32/h1-15,26H,(H,30,33). The summed E-state index contributed by atoms with van der Waals surface area (Å²) in [5.41, 5.74) is -0.364. The molecule has 0 bridgehead atoms. The molecule has 5 rings (SSSR count). The first-order chi connectivity index (χ1) is 19.1. The van der Waals surface area contributed by atoms with Gasteiger partial charge in [-0.3, -0.25) is 19.7 Å². The monoisotopic (exact) mass is 576 g/mol. The minimum atomic E-state index is -4.12. The van der Waals surface area contributed by atoms with E-state index in [2.05, 4.69) is 5.32 Å². The molecule has 1 N–H and O–H groups in total. The molecule has 1 aliphatic heterocycles.